The lowest BCUT2D eigenvalue weighted by Crippen LogP contribution is -2.40. The molecular weight excluding hydrogens is 250 g/mol. The molecule has 2 heterocycles. The molecule has 0 unspecified atom stereocenters. The van der Waals surface area contributed by atoms with Gasteiger partial charge in [-0.05, 0) is 12.1 Å². The molecule has 0 spiro atoms. The van der Waals surface area contributed by atoms with Gasteiger partial charge in [0.25, 0.3) is 0 Å². The Labute approximate surface area is 112 Å². The fourth-order valence-corrected chi connectivity index (χ4v) is 2.01. The van der Waals surface area contributed by atoms with E-state index in [2.05, 4.69) is 15.3 Å². The largest absolute Gasteiger partial charge is 0.508 e. The van der Waals surface area contributed by atoms with Gasteiger partial charge in [0.15, 0.2) is 0 Å². The summed E-state index contributed by atoms with van der Waals surface area (Å²) in [5.41, 5.74) is 2.80. The topological polar surface area (TPSA) is 58.0 Å². The van der Waals surface area contributed by atoms with Gasteiger partial charge in [0.1, 0.15) is 5.75 Å². The van der Waals surface area contributed by atoms with Crippen molar-refractivity contribution in [1.82, 2.24) is 15.3 Å². The number of rotatable bonds is 2. The van der Waals surface area contributed by atoms with Crippen LogP contribution in [0.2, 0.25) is 0 Å². The van der Waals surface area contributed by atoms with E-state index in [1.54, 1.807) is 24.5 Å². The van der Waals surface area contributed by atoms with Gasteiger partial charge in [-0.25, -0.2) is 0 Å². The lowest BCUT2D eigenvalue weighted by atomic mass is 9.94. The molecule has 0 saturated carbocycles. The zero-order chi connectivity index (χ0) is 11.7. The number of halogens is 1. The lowest BCUT2D eigenvalue weighted by Gasteiger charge is -2.27. The van der Waals surface area contributed by atoms with Crippen LogP contribution in [-0.4, -0.2) is 28.2 Å². The van der Waals surface area contributed by atoms with Crippen LogP contribution in [-0.2, 0) is 0 Å². The van der Waals surface area contributed by atoms with Gasteiger partial charge in [0.05, 0.1) is 11.4 Å². The summed E-state index contributed by atoms with van der Waals surface area (Å²) in [5.74, 6) is 0.687. The molecule has 2 N–H and O–H groups in total. The number of phenolic OH excluding ortho intramolecular Hbond substituents is 1. The van der Waals surface area contributed by atoms with Crippen LogP contribution < -0.4 is 5.32 Å². The van der Waals surface area contributed by atoms with Gasteiger partial charge < -0.3 is 10.4 Å². The smallest absolute Gasteiger partial charge is 0.116 e. The number of benzene rings is 1. The number of hydrogen-bond acceptors (Lipinski definition) is 4. The maximum atomic E-state index is 9.51. The first-order valence-electron chi connectivity index (χ1n) is 5.65. The molecule has 0 amide bonds. The third kappa shape index (κ3) is 2.30. The summed E-state index contributed by atoms with van der Waals surface area (Å²) >= 11 is 0. The second-order valence-corrected chi connectivity index (χ2v) is 4.20. The number of aromatic nitrogens is 2. The molecule has 1 aromatic carbocycles. The van der Waals surface area contributed by atoms with Crippen molar-refractivity contribution in [2.75, 3.05) is 13.1 Å². The fraction of sp³-hybridized carbons (Fsp3) is 0.231. The molecule has 94 valence electrons. The molecule has 4 nitrogen and oxygen atoms in total. The summed E-state index contributed by atoms with van der Waals surface area (Å²) in [6, 6.07) is 7.14. The van der Waals surface area contributed by atoms with Crippen LogP contribution in [0.1, 0.15) is 11.6 Å². The van der Waals surface area contributed by atoms with Crippen molar-refractivity contribution in [1.29, 1.82) is 0 Å². The van der Waals surface area contributed by atoms with Crippen LogP contribution in [0.25, 0.3) is 11.3 Å². The maximum absolute atomic E-state index is 9.51. The minimum absolute atomic E-state index is 0. The Kier molecular flexibility index (Phi) is 3.79. The zero-order valence-corrected chi connectivity index (χ0v) is 10.5. The van der Waals surface area contributed by atoms with Crippen LogP contribution in [0.15, 0.2) is 36.7 Å². The second kappa shape index (κ2) is 5.33. The Balaban J connectivity index is 0.00000120. The SMILES string of the molecule is Cl.Oc1cccc(-c2nccnc2C2CNC2)c1. The van der Waals surface area contributed by atoms with E-state index >= 15 is 0 Å². The van der Waals surface area contributed by atoms with E-state index in [4.69, 9.17) is 0 Å². The molecule has 18 heavy (non-hydrogen) atoms. The summed E-state index contributed by atoms with van der Waals surface area (Å²) in [5, 5.41) is 12.7. The third-order valence-electron chi connectivity index (χ3n) is 3.01. The third-order valence-corrected chi connectivity index (χ3v) is 3.01. The number of phenols is 1. The van der Waals surface area contributed by atoms with Crippen molar-refractivity contribution in [3.8, 4) is 17.0 Å². The first-order valence-corrected chi connectivity index (χ1v) is 5.65. The molecule has 0 radical (unpaired) electrons. The van der Waals surface area contributed by atoms with E-state index in [1.165, 1.54) is 0 Å². The number of nitrogens with one attached hydrogen (secondary N) is 1. The molecule has 0 aliphatic carbocycles. The van der Waals surface area contributed by atoms with Gasteiger partial charge in [-0.1, -0.05) is 12.1 Å². The van der Waals surface area contributed by atoms with Crippen LogP contribution in [0.4, 0.5) is 0 Å². The molecule has 5 heteroatoms. The average Bonchev–Trinajstić information content (AvgIpc) is 2.27. The van der Waals surface area contributed by atoms with Crippen molar-refractivity contribution in [2.24, 2.45) is 0 Å². The lowest BCUT2D eigenvalue weighted by molar-refractivity contribution is 0.439. The minimum atomic E-state index is 0. The maximum Gasteiger partial charge on any atom is 0.116 e. The molecule has 3 rings (SSSR count). The van der Waals surface area contributed by atoms with Gasteiger partial charge in [-0.3, -0.25) is 9.97 Å². The molecule has 0 bridgehead atoms. The quantitative estimate of drug-likeness (QED) is 0.870. The monoisotopic (exact) mass is 263 g/mol. The Morgan fingerprint density at radius 2 is 1.94 bits per heavy atom. The Hall–Kier alpha value is -1.65. The van der Waals surface area contributed by atoms with Gasteiger partial charge in [-0.2, -0.15) is 0 Å². The van der Waals surface area contributed by atoms with Gasteiger partial charge >= 0.3 is 0 Å². The Bertz CT molecular complexity index is 543. The highest BCUT2D eigenvalue weighted by Gasteiger charge is 2.24. The van der Waals surface area contributed by atoms with Crippen LogP contribution in [0.5, 0.6) is 5.75 Å². The van der Waals surface area contributed by atoms with Gasteiger partial charge in [0, 0.05) is 37.0 Å². The van der Waals surface area contributed by atoms with Crippen LogP contribution in [0, 0.1) is 0 Å². The molecule has 0 atom stereocenters. The number of hydrogen-bond donors (Lipinski definition) is 2. The number of nitrogens with zero attached hydrogens (tertiary/aromatic N) is 2. The van der Waals surface area contributed by atoms with Gasteiger partial charge in [0.2, 0.25) is 0 Å². The Morgan fingerprint density at radius 3 is 2.61 bits per heavy atom. The van der Waals surface area contributed by atoms with Crippen LogP contribution in [0.3, 0.4) is 0 Å². The standard InChI is InChI=1S/C13H13N3O.ClH/c17-11-3-1-2-9(6-11)12-13(10-7-14-8-10)16-5-4-15-12;/h1-6,10,14,17H,7-8H2;1H. The molecule has 1 fully saturated rings. The first-order chi connectivity index (χ1) is 8.34. The van der Waals surface area contributed by atoms with Gasteiger partial charge in [-0.15, -0.1) is 12.4 Å². The van der Waals surface area contributed by atoms with E-state index in [0.29, 0.717) is 5.92 Å². The van der Waals surface area contributed by atoms with Crippen molar-refractivity contribution < 1.29 is 5.11 Å². The van der Waals surface area contributed by atoms with Crippen molar-refractivity contribution in [2.45, 2.75) is 5.92 Å². The molecule has 2 aromatic rings. The van der Waals surface area contributed by atoms with Crippen molar-refractivity contribution in [3.05, 3.63) is 42.4 Å². The summed E-state index contributed by atoms with van der Waals surface area (Å²) in [7, 11) is 0. The minimum Gasteiger partial charge on any atom is -0.508 e. The highest BCUT2D eigenvalue weighted by molar-refractivity contribution is 5.85. The second-order valence-electron chi connectivity index (χ2n) is 4.20. The highest BCUT2D eigenvalue weighted by atomic mass is 35.5. The highest BCUT2D eigenvalue weighted by Crippen LogP contribution is 2.29. The molecule has 1 aliphatic heterocycles. The molecule has 1 aliphatic rings. The van der Waals surface area contributed by atoms with E-state index in [9.17, 15) is 5.11 Å². The summed E-state index contributed by atoms with van der Waals surface area (Å²) in [6.07, 6.45) is 3.41. The molecular formula is C13H14ClN3O. The first kappa shape index (κ1) is 12.8. The van der Waals surface area contributed by atoms with E-state index in [0.717, 1.165) is 30.0 Å². The molecule has 1 aromatic heterocycles. The molecule has 1 saturated heterocycles. The summed E-state index contributed by atoms with van der Waals surface area (Å²) < 4.78 is 0. The predicted octanol–water partition coefficient (Wildman–Crippen LogP) is 1.96. The summed E-state index contributed by atoms with van der Waals surface area (Å²) in [6.45, 7) is 1.90. The predicted molar refractivity (Wildman–Crippen MR) is 72.0 cm³/mol. The van der Waals surface area contributed by atoms with Crippen molar-refractivity contribution in [3.63, 3.8) is 0 Å². The average molecular weight is 264 g/mol. The Morgan fingerprint density at radius 1 is 1.17 bits per heavy atom. The number of aromatic hydroxyl groups is 1. The van der Waals surface area contributed by atoms with E-state index in [1.807, 2.05) is 12.1 Å². The van der Waals surface area contributed by atoms with Crippen molar-refractivity contribution >= 4 is 12.4 Å². The normalized spacial score (nSPS) is 14.7. The zero-order valence-electron chi connectivity index (χ0n) is 9.71. The fourth-order valence-electron chi connectivity index (χ4n) is 2.01. The van der Waals surface area contributed by atoms with Crippen LogP contribution >= 0.6 is 12.4 Å². The van der Waals surface area contributed by atoms with E-state index in [-0.39, 0.29) is 18.2 Å². The van der Waals surface area contributed by atoms with E-state index < -0.39 is 0 Å². The summed E-state index contributed by atoms with van der Waals surface area (Å²) in [4.78, 5) is 8.81.